The quantitative estimate of drug-likeness (QED) is 0.157. The largest absolute Gasteiger partial charge is 0.312 e. The molecule has 0 atom stereocenters. The van der Waals surface area contributed by atoms with Gasteiger partial charge in [0.2, 0.25) is 0 Å². The third-order valence-electron chi connectivity index (χ3n) is 12.7. The zero-order valence-electron chi connectivity index (χ0n) is 33.4. The first-order valence-corrected chi connectivity index (χ1v) is 20.8. The summed E-state index contributed by atoms with van der Waals surface area (Å²) in [6.07, 6.45) is 6.75. The lowest BCUT2D eigenvalue weighted by Gasteiger charge is -2.30. The minimum Gasteiger partial charge on any atom is -0.312 e. The Kier molecular flexibility index (Phi) is 8.34. The van der Waals surface area contributed by atoms with Gasteiger partial charge in [0.1, 0.15) is 0 Å². The minimum atomic E-state index is -0.220. The molecule has 2 nitrogen and oxygen atoms in total. The van der Waals surface area contributed by atoms with Crippen molar-refractivity contribution in [2.24, 2.45) is 0 Å². The molecule has 0 aliphatic heterocycles. The molecule has 2 heteroatoms. The number of rotatable bonds is 7. The van der Waals surface area contributed by atoms with Gasteiger partial charge in [0.15, 0.2) is 0 Å². The molecule has 2 aliphatic rings. The number of fused-ring (bicyclic) bond motifs is 6. The molecule has 0 saturated carbocycles. The normalized spacial score (nSPS) is 13.5. The maximum atomic E-state index is 2.56. The number of anilines is 3. The van der Waals surface area contributed by atoms with Crippen molar-refractivity contribution in [3.8, 4) is 50.2 Å². The second-order valence-corrected chi connectivity index (χ2v) is 16.4. The van der Waals surface area contributed by atoms with Gasteiger partial charge in [-0.1, -0.05) is 172 Å². The van der Waals surface area contributed by atoms with Crippen LogP contribution in [0.1, 0.15) is 42.7 Å². The van der Waals surface area contributed by atoms with Crippen molar-refractivity contribution in [1.29, 1.82) is 0 Å². The van der Waals surface area contributed by atoms with Crippen molar-refractivity contribution in [2.75, 3.05) is 4.90 Å². The highest BCUT2D eigenvalue weighted by Crippen LogP contribution is 2.54. The van der Waals surface area contributed by atoms with Crippen molar-refractivity contribution in [3.63, 3.8) is 0 Å². The van der Waals surface area contributed by atoms with Crippen molar-refractivity contribution in [3.05, 3.63) is 223 Å². The summed E-state index contributed by atoms with van der Waals surface area (Å²) in [5.41, 5.74) is 21.0. The van der Waals surface area contributed by atoms with E-state index >= 15 is 0 Å². The summed E-state index contributed by atoms with van der Waals surface area (Å²) in [6.45, 7) is 4.81. The van der Waals surface area contributed by atoms with Crippen LogP contribution in [0.15, 0.2) is 200 Å². The summed E-state index contributed by atoms with van der Waals surface area (Å²) < 4.78 is 2.56. The fourth-order valence-corrected chi connectivity index (χ4v) is 9.78. The first-order valence-electron chi connectivity index (χ1n) is 20.8. The Labute approximate surface area is 347 Å². The smallest absolute Gasteiger partial charge is 0.0540 e. The molecule has 0 radical (unpaired) electrons. The predicted octanol–water partition coefficient (Wildman–Crippen LogP) is 15.4. The Hall–Kier alpha value is -7.16. The van der Waals surface area contributed by atoms with E-state index in [2.05, 4.69) is 230 Å². The lowest BCUT2D eigenvalue weighted by molar-refractivity contribution is 0.660. The Balaban J connectivity index is 1.12. The molecule has 9 aromatic rings. The van der Waals surface area contributed by atoms with Gasteiger partial charge in [-0.25, -0.2) is 0 Å². The number of para-hydroxylation sites is 1. The molecule has 59 heavy (non-hydrogen) atoms. The summed E-state index contributed by atoms with van der Waals surface area (Å²) in [6, 6.07) is 71.3. The van der Waals surface area contributed by atoms with Crippen LogP contribution in [0.2, 0.25) is 0 Å². The summed E-state index contributed by atoms with van der Waals surface area (Å²) in [7, 11) is 0. The average molecular weight is 757 g/mol. The van der Waals surface area contributed by atoms with Crippen molar-refractivity contribution < 1.29 is 0 Å². The highest BCUT2D eigenvalue weighted by Gasteiger charge is 2.38. The molecule has 2 aliphatic carbocycles. The van der Waals surface area contributed by atoms with E-state index in [-0.39, 0.29) is 5.41 Å². The molecule has 0 N–H and O–H groups in total. The van der Waals surface area contributed by atoms with Crippen LogP contribution in [0.4, 0.5) is 17.1 Å². The second kappa shape index (κ2) is 14.0. The van der Waals surface area contributed by atoms with Gasteiger partial charge in [-0.3, -0.25) is 0 Å². The zero-order valence-corrected chi connectivity index (χ0v) is 33.4. The third kappa shape index (κ3) is 5.78. The monoisotopic (exact) mass is 756 g/mol. The van der Waals surface area contributed by atoms with Crippen LogP contribution in [0.5, 0.6) is 0 Å². The number of benzene rings is 8. The van der Waals surface area contributed by atoms with Crippen LogP contribution in [-0.4, -0.2) is 4.57 Å². The number of hydrogen-bond donors (Lipinski definition) is 0. The Morgan fingerprint density at radius 2 is 1.12 bits per heavy atom. The molecule has 1 heterocycles. The first kappa shape index (κ1) is 35.0. The zero-order chi connectivity index (χ0) is 39.5. The topological polar surface area (TPSA) is 8.17 Å². The second-order valence-electron chi connectivity index (χ2n) is 16.4. The van der Waals surface area contributed by atoms with E-state index < -0.39 is 0 Å². The van der Waals surface area contributed by atoms with Crippen molar-refractivity contribution >= 4 is 34.0 Å². The summed E-state index contributed by atoms with van der Waals surface area (Å²) >= 11 is 0. The van der Waals surface area contributed by atoms with Gasteiger partial charge in [0.25, 0.3) is 0 Å². The summed E-state index contributed by atoms with van der Waals surface area (Å²) in [4.78, 5) is 2.47. The summed E-state index contributed by atoms with van der Waals surface area (Å²) in [5.74, 6) is 0. The molecule has 0 saturated heterocycles. The third-order valence-corrected chi connectivity index (χ3v) is 12.7. The molecule has 0 amide bonds. The molecule has 282 valence electrons. The van der Waals surface area contributed by atoms with Crippen LogP contribution in [0.25, 0.3) is 67.2 Å². The maximum absolute atomic E-state index is 2.56. The lowest BCUT2D eigenvalue weighted by Crippen LogP contribution is -2.17. The molecule has 0 spiro atoms. The van der Waals surface area contributed by atoms with Gasteiger partial charge >= 0.3 is 0 Å². The highest BCUT2D eigenvalue weighted by atomic mass is 15.1. The number of allylic oxidation sites excluding steroid dienone is 1. The van der Waals surface area contributed by atoms with Gasteiger partial charge in [-0.2, -0.15) is 0 Å². The molecule has 8 aromatic carbocycles. The van der Waals surface area contributed by atoms with E-state index in [0.717, 1.165) is 29.9 Å². The van der Waals surface area contributed by atoms with Gasteiger partial charge < -0.3 is 9.47 Å². The average Bonchev–Trinajstić information content (AvgIpc) is 3.76. The highest BCUT2D eigenvalue weighted by molar-refractivity contribution is 5.97. The maximum Gasteiger partial charge on any atom is 0.0540 e. The predicted molar refractivity (Wildman–Crippen MR) is 249 cm³/mol. The van der Waals surface area contributed by atoms with Crippen LogP contribution in [0, 0.1) is 0 Å². The number of aromatic nitrogens is 1. The van der Waals surface area contributed by atoms with Gasteiger partial charge in [-0.15, -0.1) is 0 Å². The van der Waals surface area contributed by atoms with Crippen LogP contribution in [-0.2, 0) is 11.8 Å². The van der Waals surface area contributed by atoms with Crippen LogP contribution < -0.4 is 4.90 Å². The van der Waals surface area contributed by atoms with Crippen LogP contribution in [0.3, 0.4) is 0 Å². The summed E-state index contributed by atoms with van der Waals surface area (Å²) in [5, 5.41) is 1.32. The standard InChI is InChI=1S/C57H44N2/c1-57(2)50-25-16-28-55(59-52-26-14-12-23-46(52)47-24-13-15-27-53(47)59)56(50)48-35-34-45(38-51(48)57)58(44-32-29-41(30-33-44)39-17-6-3-7-18-39)54-36-31-43(40-19-8-4-9-20-40)37-49(54)42-21-10-5-11-22-42/h3-14,16-26,28-38H,15,27H2,1-2H3. The molecule has 0 fully saturated rings. The minimum absolute atomic E-state index is 0.220. The van der Waals surface area contributed by atoms with E-state index in [4.69, 9.17) is 0 Å². The molecule has 0 bridgehead atoms. The first-order chi connectivity index (χ1) is 29.0. The molecular formula is C57H44N2. The Morgan fingerprint density at radius 1 is 0.492 bits per heavy atom. The van der Waals surface area contributed by atoms with Crippen molar-refractivity contribution in [2.45, 2.75) is 32.1 Å². The van der Waals surface area contributed by atoms with E-state index in [1.807, 2.05) is 0 Å². The van der Waals surface area contributed by atoms with Gasteiger partial charge in [0.05, 0.1) is 16.9 Å². The number of nitrogens with zero attached hydrogens (tertiary/aromatic N) is 2. The Morgan fingerprint density at radius 3 is 1.86 bits per heavy atom. The van der Waals surface area contributed by atoms with E-state index in [1.54, 1.807) is 0 Å². The van der Waals surface area contributed by atoms with Crippen molar-refractivity contribution in [1.82, 2.24) is 4.57 Å². The van der Waals surface area contributed by atoms with E-state index in [9.17, 15) is 0 Å². The van der Waals surface area contributed by atoms with E-state index in [1.165, 1.54) is 83.5 Å². The number of hydrogen-bond acceptors (Lipinski definition) is 1. The fourth-order valence-electron chi connectivity index (χ4n) is 9.78. The molecule has 1 aromatic heterocycles. The lowest BCUT2D eigenvalue weighted by atomic mass is 9.82. The Bertz CT molecular complexity index is 3040. The van der Waals surface area contributed by atoms with Gasteiger partial charge in [-0.05, 0) is 106 Å². The van der Waals surface area contributed by atoms with Gasteiger partial charge in [0, 0.05) is 44.6 Å². The fraction of sp³-hybridized carbons (Fsp3) is 0.0877. The SMILES string of the molecule is CC1(C)c2cc(N(c3ccc(-c4ccccc4)cc3)c3ccc(-c4ccccc4)cc3-c3ccccc3)ccc2-c2c(-n3c4c(c5ccccc53)C=CCC4)cccc21. The molecule has 0 unspecified atom stereocenters. The molecule has 11 rings (SSSR count). The molecular weight excluding hydrogens is 713 g/mol. The van der Waals surface area contributed by atoms with Crippen LogP contribution >= 0.6 is 0 Å². The van der Waals surface area contributed by atoms with E-state index in [0.29, 0.717) is 0 Å².